The summed E-state index contributed by atoms with van der Waals surface area (Å²) in [6.45, 7) is 0.909. The summed E-state index contributed by atoms with van der Waals surface area (Å²) in [5.41, 5.74) is 0.291. The molecule has 2 nitrogen and oxygen atoms in total. The molecule has 1 N–H and O–H groups in total. The summed E-state index contributed by atoms with van der Waals surface area (Å²) in [5, 5.41) is 11.8. The van der Waals surface area contributed by atoms with Crippen LogP contribution in [0.25, 0.3) is 0 Å². The highest BCUT2D eigenvalue weighted by Crippen LogP contribution is 2.40. The quantitative estimate of drug-likeness (QED) is 0.837. The van der Waals surface area contributed by atoms with Crippen LogP contribution in [0.1, 0.15) is 12.0 Å². The molecule has 1 aliphatic heterocycles. The number of rotatable bonds is 3. The van der Waals surface area contributed by atoms with Crippen LogP contribution in [-0.4, -0.2) is 42.2 Å². The lowest BCUT2D eigenvalue weighted by Gasteiger charge is -2.41. The highest BCUT2D eigenvalue weighted by atomic mass is 35.5. The molecule has 0 radical (unpaired) electrons. The molecule has 0 bridgehead atoms. The van der Waals surface area contributed by atoms with E-state index in [0.717, 1.165) is 35.1 Å². The number of benzene rings is 1. The Bertz CT molecular complexity index is 399. The van der Waals surface area contributed by atoms with Crippen LogP contribution >= 0.6 is 23.4 Å². The van der Waals surface area contributed by atoms with Crippen molar-refractivity contribution in [2.45, 2.75) is 12.0 Å². The lowest BCUT2D eigenvalue weighted by Crippen LogP contribution is -3.00. The summed E-state index contributed by atoms with van der Waals surface area (Å²) in [6.07, 6.45) is 0.817. The Morgan fingerprint density at radius 2 is 2.00 bits per heavy atom. The minimum Gasteiger partial charge on any atom is -1.00 e. The summed E-state index contributed by atoms with van der Waals surface area (Å²) in [6, 6.07) is 7.65. The molecule has 1 aliphatic rings. The highest BCUT2D eigenvalue weighted by Gasteiger charge is 2.40. The van der Waals surface area contributed by atoms with E-state index in [1.165, 1.54) is 0 Å². The SMILES string of the molecule is CN(C)CC1CSCCC1(O)c1ccc(Cl)cc1.[Cl-]. The fourth-order valence-corrected chi connectivity index (χ4v) is 3.97. The Kier molecular flexibility index (Phi) is 6.48. The number of thioether (sulfide) groups is 1. The zero-order valence-electron chi connectivity index (χ0n) is 11.3. The summed E-state index contributed by atoms with van der Waals surface area (Å²) in [4.78, 5) is 2.15. The number of hydrogen-bond acceptors (Lipinski definition) is 3. The van der Waals surface area contributed by atoms with Crippen LogP contribution in [0.15, 0.2) is 24.3 Å². The molecule has 2 rings (SSSR count). The Hall–Kier alpha value is 0.0700. The second-order valence-corrected chi connectivity index (χ2v) is 6.80. The van der Waals surface area contributed by atoms with E-state index in [-0.39, 0.29) is 18.3 Å². The van der Waals surface area contributed by atoms with Crippen LogP contribution in [0.3, 0.4) is 0 Å². The average Bonchev–Trinajstić information content (AvgIpc) is 2.32. The fraction of sp³-hybridized carbons (Fsp3) is 0.571. The second-order valence-electron chi connectivity index (χ2n) is 5.22. The number of nitrogens with zero attached hydrogens (tertiary/aromatic N) is 1. The van der Waals surface area contributed by atoms with Gasteiger partial charge < -0.3 is 22.4 Å². The smallest absolute Gasteiger partial charge is 0.0952 e. The van der Waals surface area contributed by atoms with Crippen LogP contribution in [0.5, 0.6) is 0 Å². The van der Waals surface area contributed by atoms with Gasteiger partial charge in [-0.2, -0.15) is 11.8 Å². The molecular weight excluding hydrogens is 301 g/mol. The van der Waals surface area contributed by atoms with E-state index in [1.807, 2.05) is 36.0 Å². The first-order valence-electron chi connectivity index (χ1n) is 6.23. The highest BCUT2D eigenvalue weighted by molar-refractivity contribution is 7.99. The van der Waals surface area contributed by atoms with E-state index in [0.29, 0.717) is 0 Å². The van der Waals surface area contributed by atoms with Gasteiger partial charge in [-0.05, 0) is 44.0 Å². The maximum Gasteiger partial charge on any atom is 0.0952 e. The van der Waals surface area contributed by atoms with Crippen molar-refractivity contribution in [2.24, 2.45) is 5.92 Å². The minimum atomic E-state index is -0.708. The third-order valence-corrected chi connectivity index (χ3v) is 4.93. The number of halogens is 2. The summed E-state index contributed by atoms with van der Waals surface area (Å²) < 4.78 is 0. The summed E-state index contributed by atoms with van der Waals surface area (Å²) >= 11 is 7.86. The molecule has 1 aromatic rings. The van der Waals surface area contributed by atoms with Crippen molar-refractivity contribution >= 4 is 23.4 Å². The van der Waals surface area contributed by atoms with Gasteiger partial charge in [-0.3, -0.25) is 0 Å². The van der Waals surface area contributed by atoms with E-state index < -0.39 is 5.60 Å². The average molecular weight is 321 g/mol. The molecule has 0 spiro atoms. The Morgan fingerprint density at radius 3 is 2.58 bits per heavy atom. The first kappa shape index (κ1) is 17.1. The van der Waals surface area contributed by atoms with Gasteiger partial charge in [0, 0.05) is 23.2 Å². The van der Waals surface area contributed by atoms with Gasteiger partial charge in [-0.1, -0.05) is 23.7 Å². The van der Waals surface area contributed by atoms with Gasteiger partial charge in [0.2, 0.25) is 0 Å². The van der Waals surface area contributed by atoms with Crippen molar-refractivity contribution in [2.75, 3.05) is 32.1 Å². The van der Waals surface area contributed by atoms with Gasteiger partial charge in [0.15, 0.2) is 0 Å². The van der Waals surface area contributed by atoms with Crippen molar-refractivity contribution in [3.05, 3.63) is 34.9 Å². The van der Waals surface area contributed by atoms with Gasteiger partial charge in [0.05, 0.1) is 5.60 Å². The Morgan fingerprint density at radius 1 is 1.37 bits per heavy atom. The molecule has 0 amide bonds. The first-order valence-corrected chi connectivity index (χ1v) is 7.76. The van der Waals surface area contributed by atoms with E-state index in [4.69, 9.17) is 11.6 Å². The van der Waals surface area contributed by atoms with Crippen LogP contribution < -0.4 is 12.4 Å². The fourth-order valence-electron chi connectivity index (χ4n) is 2.56. The van der Waals surface area contributed by atoms with Gasteiger partial charge in [0.25, 0.3) is 0 Å². The van der Waals surface area contributed by atoms with Crippen LogP contribution in [-0.2, 0) is 5.60 Å². The predicted octanol–water partition coefficient (Wildman–Crippen LogP) is -0.154. The van der Waals surface area contributed by atoms with Gasteiger partial charge in [-0.25, -0.2) is 0 Å². The maximum atomic E-state index is 11.1. The lowest BCUT2D eigenvalue weighted by atomic mass is 9.79. The molecule has 0 aromatic heterocycles. The van der Waals surface area contributed by atoms with Crippen molar-refractivity contribution in [3.63, 3.8) is 0 Å². The zero-order chi connectivity index (χ0) is 13.2. The minimum absolute atomic E-state index is 0. The van der Waals surface area contributed by atoms with Crippen molar-refractivity contribution in [3.8, 4) is 0 Å². The molecule has 1 fully saturated rings. The predicted molar refractivity (Wildman–Crippen MR) is 79.3 cm³/mol. The van der Waals surface area contributed by atoms with Crippen molar-refractivity contribution in [1.29, 1.82) is 0 Å². The van der Waals surface area contributed by atoms with E-state index in [1.54, 1.807) is 0 Å². The molecule has 1 aromatic carbocycles. The van der Waals surface area contributed by atoms with Gasteiger partial charge >= 0.3 is 0 Å². The largest absolute Gasteiger partial charge is 1.00 e. The third-order valence-electron chi connectivity index (χ3n) is 3.55. The van der Waals surface area contributed by atoms with E-state index in [2.05, 4.69) is 19.0 Å². The standard InChI is InChI=1S/C14H20ClNOS.ClH/c1-16(2)9-12-10-18-8-7-14(12,17)11-3-5-13(15)6-4-11;/h3-6,12,17H,7-10H2,1-2H3;1H/p-1. The van der Waals surface area contributed by atoms with Crippen molar-refractivity contribution in [1.82, 2.24) is 4.90 Å². The molecule has 0 aliphatic carbocycles. The van der Waals surface area contributed by atoms with Crippen molar-refractivity contribution < 1.29 is 17.5 Å². The molecule has 1 heterocycles. The van der Waals surface area contributed by atoms with Crippen LogP contribution in [0, 0.1) is 5.92 Å². The Balaban J connectivity index is 0.00000180. The number of hydrogen-bond donors (Lipinski definition) is 1. The second kappa shape index (κ2) is 7.19. The molecule has 108 valence electrons. The molecule has 5 heteroatoms. The summed E-state index contributed by atoms with van der Waals surface area (Å²) in [5.74, 6) is 2.30. The first-order chi connectivity index (χ1) is 8.52. The molecule has 2 unspecified atom stereocenters. The van der Waals surface area contributed by atoms with Crippen LogP contribution in [0.2, 0.25) is 5.02 Å². The molecular formula is C14H20Cl2NOS-. The van der Waals surface area contributed by atoms with Gasteiger partial charge in [0.1, 0.15) is 0 Å². The molecule has 0 saturated carbocycles. The third kappa shape index (κ3) is 4.02. The Labute approximate surface area is 130 Å². The summed E-state index contributed by atoms with van der Waals surface area (Å²) in [7, 11) is 4.11. The van der Waals surface area contributed by atoms with Gasteiger partial charge in [-0.15, -0.1) is 0 Å². The molecule has 1 saturated heterocycles. The molecule has 19 heavy (non-hydrogen) atoms. The van der Waals surface area contributed by atoms with E-state index >= 15 is 0 Å². The maximum absolute atomic E-state index is 11.1. The monoisotopic (exact) mass is 320 g/mol. The van der Waals surface area contributed by atoms with Crippen LogP contribution in [0.4, 0.5) is 0 Å². The molecule has 2 atom stereocenters. The lowest BCUT2D eigenvalue weighted by molar-refractivity contribution is -0.0293. The topological polar surface area (TPSA) is 23.5 Å². The van der Waals surface area contributed by atoms with E-state index in [9.17, 15) is 5.11 Å². The number of aliphatic hydroxyl groups is 1. The normalized spacial score (nSPS) is 27.1. The zero-order valence-corrected chi connectivity index (χ0v) is 13.6.